The summed E-state index contributed by atoms with van der Waals surface area (Å²) in [6.45, 7) is 0. The molecule has 124 valence electrons. The van der Waals surface area contributed by atoms with Gasteiger partial charge in [0.05, 0.1) is 0 Å². The second-order valence-electron chi connectivity index (χ2n) is 5.58. The first-order chi connectivity index (χ1) is 12.2. The Hall–Kier alpha value is -3.12. The number of phenolic OH excluding ortho intramolecular Hbond substituents is 1. The SMILES string of the molecule is Oc1ccc(Cc2nnc3ccc(Nc4cccc(Cl)c4)nn23)cc1. The number of phenols is 1. The Balaban J connectivity index is 1.64. The minimum atomic E-state index is 0.237. The van der Waals surface area contributed by atoms with Gasteiger partial charge in [0.2, 0.25) is 0 Å². The molecule has 6 nitrogen and oxygen atoms in total. The van der Waals surface area contributed by atoms with Crippen molar-refractivity contribution < 1.29 is 5.11 Å². The fourth-order valence-corrected chi connectivity index (χ4v) is 2.71. The molecule has 0 amide bonds. The van der Waals surface area contributed by atoms with E-state index in [1.54, 1.807) is 16.6 Å². The fraction of sp³-hybridized carbons (Fsp3) is 0.0556. The van der Waals surface area contributed by atoms with Crippen LogP contribution in [0.5, 0.6) is 5.75 Å². The van der Waals surface area contributed by atoms with E-state index in [0.29, 0.717) is 22.9 Å². The molecule has 0 fully saturated rings. The van der Waals surface area contributed by atoms with Gasteiger partial charge in [-0.2, -0.15) is 4.52 Å². The summed E-state index contributed by atoms with van der Waals surface area (Å²) in [6.07, 6.45) is 0.565. The highest BCUT2D eigenvalue weighted by Gasteiger charge is 2.09. The van der Waals surface area contributed by atoms with Gasteiger partial charge in [-0.3, -0.25) is 0 Å². The highest BCUT2D eigenvalue weighted by atomic mass is 35.5. The third-order valence-corrected chi connectivity index (χ3v) is 3.96. The average molecular weight is 352 g/mol. The number of aromatic nitrogens is 4. The molecule has 0 aliphatic carbocycles. The van der Waals surface area contributed by atoms with Crippen LogP contribution in [0.2, 0.25) is 5.02 Å². The molecule has 2 aromatic heterocycles. The van der Waals surface area contributed by atoms with E-state index in [-0.39, 0.29) is 5.75 Å². The molecule has 4 rings (SSSR count). The van der Waals surface area contributed by atoms with Crippen LogP contribution < -0.4 is 5.32 Å². The number of hydrogen-bond donors (Lipinski definition) is 2. The molecule has 7 heteroatoms. The van der Waals surface area contributed by atoms with Gasteiger partial charge < -0.3 is 10.4 Å². The van der Waals surface area contributed by atoms with Crippen LogP contribution in [0.1, 0.15) is 11.4 Å². The Labute approximate surface area is 148 Å². The number of aromatic hydroxyl groups is 1. The number of fused-ring (bicyclic) bond motifs is 1. The zero-order chi connectivity index (χ0) is 17.2. The van der Waals surface area contributed by atoms with Crippen LogP contribution in [0.15, 0.2) is 60.7 Å². The summed E-state index contributed by atoms with van der Waals surface area (Å²) in [5.74, 6) is 1.62. The minimum Gasteiger partial charge on any atom is -0.508 e. The van der Waals surface area contributed by atoms with Crippen LogP contribution in [0.4, 0.5) is 11.5 Å². The molecule has 0 saturated carbocycles. The number of hydrogen-bond acceptors (Lipinski definition) is 5. The maximum absolute atomic E-state index is 9.39. The van der Waals surface area contributed by atoms with Crippen molar-refractivity contribution in [2.45, 2.75) is 6.42 Å². The Bertz CT molecular complexity index is 1030. The van der Waals surface area contributed by atoms with Gasteiger partial charge in [-0.05, 0) is 48.0 Å². The fourth-order valence-electron chi connectivity index (χ4n) is 2.52. The van der Waals surface area contributed by atoms with Crippen LogP contribution in [0.3, 0.4) is 0 Å². The van der Waals surface area contributed by atoms with Gasteiger partial charge in [-0.25, -0.2) is 0 Å². The van der Waals surface area contributed by atoms with Crippen LogP contribution in [-0.4, -0.2) is 24.9 Å². The molecule has 0 radical (unpaired) electrons. The molecular weight excluding hydrogens is 338 g/mol. The molecule has 0 aliphatic rings. The number of rotatable bonds is 4. The molecule has 0 spiro atoms. The summed E-state index contributed by atoms with van der Waals surface area (Å²) < 4.78 is 1.71. The van der Waals surface area contributed by atoms with Crippen LogP contribution in [-0.2, 0) is 6.42 Å². The topological polar surface area (TPSA) is 75.3 Å². The van der Waals surface area contributed by atoms with E-state index in [9.17, 15) is 5.11 Å². The van der Waals surface area contributed by atoms with Crippen molar-refractivity contribution in [3.8, 4) is 5.75 Å². The van der Waals surface area contributed by atoms with Gasteiger partial charge in [0.25, 0.3) is 0 Å². The van der Waals surface area contributed by atoms with Crippen molar-refractivity contribution in [3.05, 3.63) is 77.1 Å². The first-order valence-electron chi connectivity index (χ1n) is 7.69. The molecule has 2 aromatic carbocycles. The van der Waals surface area contributed by atoms with Gasteiger partial charge in [0.1, 0.15) is 5.75 Å². The largest absolute Gasteiger partial charge is 0.508 e. The van der Waals surface area contributed by atoms with Crippen molar-refractivity contribution in [2.75, 3.05) is 5.32 Å². The molecule has 0 bridgehead atoms. The molecule has 2 heterocycles. The Kier molecular flexibility index (Phi) is 3.95. The van der Waals surface area contributed by atoms with Crippen molar-refractivity contribution in [3.63, 3.8) is 0 Å². The van der Waals surface area contributed by atoms with Crippen molar-refractivity contribution >= 4 is 28.8 Å². The molecule has 0 atom stereocenters. The van der Waals surface area contributed by atoms with Gasteiger partial charge in [0.15, 0.2) is 17.3 Å². The van der Waals surface area contributed by atoms with E-state index >= 15 is 0 Å². The Morgan fingerprint density at radius 3 is 2.64 bits per heavy atom. The van der Waals surface area contributed by atoms with Crippen LogP contribution in [0.25, 0.3) is 5.65 Å². The molecule has 0 aliphatic heterocycles. The smallest absolute Gasteiger partial charge is 0.178 e. The minimum absolute atomic E-state index is 0.237. The second kappa shape index (κ2) is 6.41. The summed E-state index contributed by atoms with van der Waals surface area (Å²) in [5.41, 5.74) is 2.54. The lowest BCUT2D eigenvalue weighted by Gasteiger charge is -2.07. The summed E-state index contributed by atoms with van der Waals surface area (Å²) in [7, 11) is 0. The van der Waals surface area contributed by atoms with E-state index in [0.717, 1.165) is 17.1 Å². The first kappa shape index (κ1) is 15.4. The zero-order valence-corrected chi connectivity index (χ0v) is 13.9. The van der Waals surface area contributed by atoms with Crippen molar-refractivity contribution in [1.29, 1.82) is 0 Å². The number of nitrogens with one attached hydrogen (secondary N) is 1. The Morgan fingerprint density at radius 1 is 1.00 bits per heavy atom. The maximum Gasteiger partial charge on any atom is 0.178 e. The quantitative estimate of drug-likeness (QED) is 0.584. The van der Waals surface area contributed by atoms with Crippen molar-refractivity contribution in [1.82, 2.24) is 19.8 Å². The average Bonchev–Trinajstić information content (AvgIpc) is 2.99. The summed E-state index contributed by atoms with van der Waals surface area (Å²) >= 11 is 6.01. The number of benzene rings is 2. The van der Waals surface area contributed by atoms with Crippen LogP contribution in [0, 0.1) is 0 Å². The van der Waals surface area contributed by atoms with Gasteiger partial charge in [-0.1, -0.05) is 29.8 Å². The molecule has 0 unspecified atom stereocenters. The predicted molar refractivity (Wildman–Crippen MR) is 96.4 cm³/mol. The number of nitrogens with zero attached hydrogens (tertiary/aromatic N) is 4. The monoisotopic (exact) mass is 351 g/mol. The Morgan fingerprint density at radius 2 is 1.84 bits per heavy atom. The van der Waals surface area contributed by atoms with E-state index < -0.39 is 0 Å². The molecule has 4 aromatic rings. The highest BCUT2D eigenvalue weighted by molar-refractivity contribution is 6.30. The third kappa shape index (κ3) is 3.39. The lowest BCUT2D eigenvalue weighted by molar-refractivity contribution is 0.475. The molecule has 25 heavy (non-hydrogen) atoms. The summed E-state index contributed by atoms with van der Waals surface area (Å²) in [5, 5.41) is 26.2. The van der Waals surface area contributed by atoms with Gasteiger partial charge in [0, 0.05) is 17.1 Å². The maximum atomic E-state index is 9.39. The molecule has 0 saturated heterocycles. The number of halogens is 1. The second-order valence-corrected chi connectivity index (χ2v) is 6.02. The zero-order valence-electron chi connectivity index (χ0n) is 13.1. The van der Waals surface area contributed by atoms with Gasteiger partial charge in [-0.15, -0.1) is 15.3 Å². The van der Waals surface area contributed by atoms with Crippen LogP contribution >= 0.6 is 11.6 Å². The van der Waals surface area contributed by atoms with E-state index in [1.165, 1.54) is 0 Å². The summed E-state index contributed by atoms with van der Waals surface area (Å²) in [6, 6.07) is 18.1. The summed E-state index contributed by atoms with van der Waals surface area (Å²) in [4.78, 5) is 0. The predicted octanol–water partition coefficient (Wildman–Crippen LogP) is 3.82. The first-order valence-corrected chi connectivity index (χ1v) is 8.07. The highest BCUT2D eigenvalue weighted by Crippen LogP contribution is 2.19. The normalized spacial score (nSPS) is 10.9. The lowest BCUT2D eigenvalue weighted by atomic mass is 10.1. The third-order valence-electron chi connectivity index (χ3n) is 3.72. The standard InChI is InChI=1S/C18H14ClN5O/c19-13-2-1-3-14(11-13)20-16-8-9-17-21-22-18(24(17)23-16)10-12-4-6-15(25)7-5-12/h1-9,11,25H,10H2,(H,20,23). The van der Waals surface area contributed by atoms with Crippen molar-refractivity contribution in [2.24, 2.45) is 0 Å². The molecular formula is C18H14ClN5O. The number of anilines is 2. The van der Waals surface area contributed by atoms with E-state index in [2.05, 4.69) is 20.6 Å². The van der Waals surface area contributed by atoms with E-state index in [1.807, 2.05) is 48.5 Å². The molecule has 2 N–H and O–H groups in total. The van der Waals surface area contributed by atoms with Gasteiger partial charge >= 0.3 is 0 Å². The lowest BCUT2D eigenvalue weighted by Crippen LogP contribution is -2.03. The van der Waals surface area contributed by atoms with E-state index in [4.69, 9.17) is 11.6 Å².